The normalized spacial score (nSPS) is 16.4. The molecule has 0 unspecified atom stereocenters. The highest BCUT2D eigenvalue weighted by atomic mass is 32.2. The molecule has 0 bridgehead atoms. The Kier molecular flexibility index (Phi) is 5.15. The van der Waals surface area contributed by atoms with Crippen molar-refractivity contribution in [1.29, 1.82) is 0 Å². The Morgan fingerprint density at radius 3 is 2.84 bits per heavy atom. The SMILES string of the molecule is COC(=O)C1CCN(C(=O)CSc2nncs2)CC1. The fraction of sp³-hybridized carbons (Fsp3) is 0.636. The van der Waals surface area contributed by atoms with E-state index in [0.717, 1.165) is 4.34 Å². The Morgan fingerprint density at radius 1 is 1.53 bits per heavy atom. The van der Waals surface area contributed by atoms with E-state index >= 15 is 0 Å². The summed E-state index contributed by atoms with van der Waals surface area (Å²) in [6.07, 6.45) is 1.36. The number of hydrogen-bond donors (Lipinski definition) is 0. The lowest BCUT2D eigenvalue weighted by molar-refractivity contribution is -0.148. The first-order valence-corrected chi connectivity index (χ1v) is 7.82. The monoisotopic (exact) mass is 301 g/mol. The molecule has 0 aromatic carbocycles. The summed E-state index contributed by atoms with van der Waals surface area (Å²) in [5, 5.41) is 7.60. The molecule has 1 aliphatic rings. The molecule has 1 aromatic heterocycles. The second kappa shape index (κ2) is 6.85. The number of esters is 1. The zero-order chi connectivity index (χ0) is 13.7. The predicted molar refractivity (Wildman–Crippen MR) is 72.0 cm³/mol. The van der Waals surface area contributed by atoms with Gasteiger partial charge in [0.2, 0.25) is 5.91 Å². The number of ether oxygens (including phenoxy) is 1. The lowest BCUT2D eigenvalue weighted by Gasteiger charge is -2.30. The fourth-order valence-electron chi connectivity index (χ4n) is 1.97. The first-order valence-electron chi connectivity index (χ1n) is 5.95. The van der Waals surface area contributed by atoms with Crippen molar-refractivity contribution in [2.45, 2.75) is 17.2 Å². The molecule has 1 aliphatic heterocycles. The van der Waals surface area contributed by atoms with Crippen LogP contribution in [0.3, 0.4) is 0 Å². The molecule has 2 rings (SSSR count). The van der Waals surface area contributed by atoms with E-state index in [1.165, 1.54) is 30.2 Å². The molecule has 0 aliphatic carbocycles. The van der Waals surface area contributed by atoms with E-state index in [0.29, 0.717) is 31.7 Å². The van der Waals surface area contributed by atoms with Gasteiger partial charge in [-0.25, -0.2) is 0 Å². The van der Waals surface area contributed by atoms with Gasteiger partial charge in [0.15, 0.2) is 4.34 Å². The van der Waals surface area contributed by atoms with Crippen molar-refractivity contribution in [2.24, 2.45) is 5.92 Å². The number of likely N-dealkylation sites (tertiary alicyclic amines) is 1. The molecule has 0 N–H and O–H groups in total. The predicted octanol–water partition coefficient (Wildman–Crippen LogP) is 1.04. The van der Waals surface area contributed by atoms with E-state index < -0.39 is 0 Å². The van der Waals surface area contributed by atoms with E-state index in [-0.39, 0.29) is 17.8 Å². The van der Waals surface area contributed by atoms with Crippen LogP contribution in [0.25, 0.3) is 0 Å². The van der Waals surface area contributed by atoms with Crippen molar-refractivity contribution in [3.63, 3.8) is 0 Å². The molecule has 0 saturated carbocycles. The van der Waals surface area contributed by atoms with Crippen LogP contribution in [0.5, 0.6) is 0 Å². The molecular formula is C11H15N3O3S2. The quantitative estimate of drug-likeness (QED) is 0.611. The average molecular weight is 301 g/mol. The first-order chi connectivity index (χ1) is 9.20. The third-order valence-corrected chi connectivity index (χ3v) is 4.89. The van der Waals surface area contributed by atoms with Gasteiger partial charge in [0.25, 0.3) is 0 Å². The summed E-state index contributed by atoms with van der Waals surface area (Å²) in [4.78, 5) is 25.2. The van der Waals surface area contributed by atoms with Crippen LogP contribution in [0.4, 0.5) is 0 Å². The molecule has 104 valence electrons. The van der Waals surface area contributed by atoms with Crippen molar-refractivity contribution in [2.75, 3.05) is 26.0 Å². The van der Waals surface area contributed by atoms with Crippen LogP contribution in [0, 0.1) is 5.92 Å². The van der Waals surface area contributed by atoms with Gasteiger partial charge >= 0.3 is 5.97 Å². The van der Waals surface area contributed by atoms with E-state index in [4.69, 9.17) is 4.74 Å². The molecule has 0 radical (unpaired) electrons. The van der Waals surface area contributed by atoms with Gasteiger partial charge in [-0.2, -0.15) is 0 Å². The van der Waals surface area contributed by atoms with Crippen LogP contribution in [0.15, 0.2) is 9.85 Å². The molecule has 19 heavy (non-hydrogen) atoms. The van der Waals surface area contributed by atoms with Crippen LogP contribution >= 0.6 is 23.1 Å². The van der Waals surface area contributed by atoms with Crippen molar-refractivity contribution in [3.05, 3.63) is 5.51 Å². The molecule has 1 saturated heterocycles. The van der Waals surface area contributed by atoms with Gasteiger partial charge in [0.1, 0.15) is 5.51 Å². The van der Waals surface area contributed by atoms with Gasteiger partial charge in [0, 0.05) is 13.1 Å². The summed E-state index contributed by atoms with van der Waals surface area (Å²) in [6.45, 7) is 1.24. The standard InChI is InChI=1S/C11H15N3O3S2/c1-17-10(16)8-2-4-14(5-3-8)9(15)6-18-11-13-12-7-19-11/h7-8H,2-6H2,1H3. The Morgan fingerprint density at radius 2 is 2.26 bits per heavy atom. The van der Waals surface area contributed by atoms with Crippen molar-refractivity contribution >= 4 is 35.0 Å². The average Bonchev–Trinajstić information content (AvgIpc) is 2.97. The van der Waals surface area contributed by atoms with Crippen molar-refractivity contribution in [1.82, 2.24) is 15.1 Å². The van der Waals surface area contributed by atoms with Crippen molar-refractivity contribution in [3.8, 4) is 0 Å². The van der Waals surface area contributed by atoms with Gasteiger partial charge in [-0.1, -0.05) is 23.1 Å². The molecule has 8 heteroatoms. The van der Waals surface area contributed by atoms with E-state index in [9.17, 15) is 9.59 Å². The van der Waals surface area contributed by atoms with Crippen molar-refractivity contribution < 1.29 is 14.3 Å². The first kappa shape index (κ1) is 14.3. The summed E-state index contributed by atoms with van der Waals surface area (Å²) < 4.78 is 5.53. The molecule has 1 aromatic rings. The summed E-state index contributed by atoms with van der Waals surface area (Å²) in [6, 6.07) is 0. The highest BCUT2D eigenvalue weighted by molar-refractivity contribution is 8.01. The van der Waals surface area contributed by atoms with Gasteiger partial charge in [-0.3, -0.25) is 9.59 Å². The molecule has 0 atom stereocenters. The summed E-state index contributed by atoms with van der Waals surface area (Å²) in [5.74, 6) is 0.224. The Balaban J connectivity index is 1.74. The molecule has 1 amide bonds. The third-order valence-electron chi connectivity index (χ3n) is 3.04. The Hall–Kier alpha value is -1.15. The number of rotatable bonds is 4. The highest BCUT2D eigenvalue weighted by Gasteiger charge is 2.27. The van der Waals surface area contributed by atoms with E-state index in [2.05, 4.69) is 10.2 Å². The third kappa shape index (κ3) is 3.90. The summed E-state index contributed by atoms with van der Waals surface area (Å²) in [7, 11) is 1.40. The van der Waals surface area contributed by atoms with Gasteiger partial charge in [-0.15, -0.1) is 10.2 Å². The molecular weight excluding hydrogens is 286 g/mol. The Labute approximate surface area is 119 Å². The number of piperidine rings is 1. The molecule has 1 fully saturated rings. The van der Waals surface area contributed by atoms with Crippen LogP contribution in [-0.4, -0.2) is 52.9 Å². The smallest absolute Gasteiger partial charge is 0.308 e. The second-order valence-electron chi connectivity index (χ2n) is 4.17. The zero-order valence-corrected chi connectivity index (χ0v) is 12.2. The number of carbonyl (C=O) groups is 2. The number of aromatic nitrogens is 2. The van der Waals surface area contributed by atoms with Crippen LogP contribution in [0.2, 0.25) is 0 Å². The minimum atomic E-state index is -0.171. The van der Waals surface area contributed by atoms with E-state index in [1.54, 1.807) is 10.4 Å². The van der Waals surface area contributed by atoms with Gasteiger partial charge < -0.3 is 9.64 Å². The molecule has 6 nitrogen and oxygen atoms in total. The maximum atomic E-state index is 12.0. The number of carbonyl (C=O) groups excluding carboxylic acids is 2. The molecule has 2 heterocycles. The minimum Gasteiger partial charge on any atom is -0.469 e. The lowest BCUT2D eigenvalue weighted by atomic mass is 9.97. The van der Waals surface area contributed by atoms with E-state index in [1.807, 2.05) is 0 Å². The number of methoxy groups -OCH3 is 1. The number of nitrogens with zero attached hydrogens (tertiary/aromatic N) is 3. The van der Waals surface area contributed by atoms with Crippen LogP contribution < -0.4 is 0 Å². The maximum absolute atomic E-state index is 12.0. The largest absolute Gasteiger partial charge is 0.469 e. The number of amides is 1. The van der Waals surface area contributed by atoms with Gasteiger partial charge in [0.05, 0.1) is 18.8 Å². The second-order valence-corrected chi connectivity index (χ2v) is 6.23. The summed E-state index contributed by atoms with van der Waals surface area (Å²) in [5.41, 5.74) is 1.65. The number of hydrogen-bond acceptors (Lipinski definition) is 7. The Bertz CT molecular complexity index is 430. The fourth-order valence-corrected chi connectivity index (χ4v) is 3.36. The lowest BCUT2D eigenvalue weighted by Crippen LogP contribution is -2.41. The summed E-state index contributed by atoms with van der Waals surface area (Å²) >= 11 is 2.83. The highest BCUT2D eigenvalue weighted by Crippen LogP contribution is 2.22. The minimum absolute atomic E-state index is 0.0649. The maximum Gasteiger partial charge on any atom is 0.308 e. The van der Waals surface area contributed by atoms with Crippen LogP contribution in [0.1, 0.15) is 12.8 Å². The van der Waals surface area contributed by atoms with Gasteiger partial charge in [-0.05, 0) is 12.8 Å². The number of thioether (sulfide) groups is 1. The van der Waals surface area contributed by atoms with Crippen LogP contribution in [-0.2, 0) is 14.3 Å². The topological polar surface area (TPSA) is 72.4 Å². The molecule has 0 spiro atoms. The zero-order valence-electron chi connectivity index (χ0n) is 10.6.